The molecule has 3 heterocycles. The fraction of sp³-hybridized carbons (Fsp3) is 0.412. The van der Waals surface area contributed by atoms with Gasteiger partial charge in [-0.25, -0.2) is 19.8 Å². The van der Waals surface area contributed by atoms with E-state index in [0.29, 0.717) is 23.2 Å². The van der Waals surface area contributed by atoms with Gasteiger partial charge >= 0.3 is 0 Å². The molecule has 1 aliphatic carbocycles. The van der Waals surface area contributed by atoms with Crippen LogP contribution in [-0.2, 0) is 9.84 Å². The minimum Gasteiger partial charge on any atom is -0.481 e. The number of anilines is 1. The van der Waals surface area contributed by atoms with E-state index in [4.69, 9.17) is 10.5 Å². The molecule has 2 aliphatic rings. The largest absolute Gasteiger partial charge is 0.481 e. The monoisotopic (exact) mass is 501 g/mol. The molecule has 0 unspecified atom stereocenters. The van der Waals surface area contributed by atoms with Crippen LogP contribution < -0.4 is 10.5 Å². The van der Waals surface area contributed by atoms with Gasteiger partial charge in [0.2, 0.25) is 15.7 Å². The van der Waals surface area contributed by atoms with Crippen LogP contribution >= 0.6 is 21.3 Å². The summed E-state index contributed by atoms with van der Waals surface area (Å²) in [5.41, 5.74) is 8.17. The molecule has 0 amide bonds. The summed E-state index contributed by atoms with van der Waals surface area (Å²) >= 11 is -0.834. The van der Waals surface area contributed by atoms with Gasteiger partial charge in [-0.15, -0.1) is 0 Å². The predicted molar refractivity (Wildman–Crippen MR) is 111 cm³/mol. The molecule has 2 aromatic heterocycles. The number of aromatic amines is 1. The van der Waals surface area contributed by atoms with Crippen LogP contribution in [0.4, 0.5) is 11.5 Å². The van der Waals surface area contributed by atoms with E-state index in [1.165, 1.54) is 44.7 Å². The van der Waals surface area contributed by atoms with Gasteiger partial charge in [0.15, 0.2) is 0 Å². The number of methoxy groups -OCH3 is 1. The third-order valence-corrected chi connectivity index (χ3v) is 8.20. The molecule has 10 heteroatoms. The fourth-order valence-electron chi connectivity index (χ4n) is 3.58. The van der Waals surface area contributed by atoms with Gasteiger partial charge in [0, 0.05) is 18.2 Å². The predicted octanol–water partition coefficient (Wildman–Crippen LogP) is 3.92. The number of aromatic nitrogens is 2. The number of H-pyrrole nitrogens is 1. The van der Waals surface area contributed by atoms with Gasteiger partial charge in [0.1, 0.15) is 37.7 Å². The highest BCUT2D eigenvalue weighted by Gasteiger charge is 2.34. The minimum atomic E-state index is -3.85. The topological polar surface area (TPSA) is 123 Å². The van der Waals surface area contributed by atoms with Crippen molar-refractivity contribution in [1.82, 2.24) is 9.97 Å². The van der Waals surface area contributed by atoms with E-state index in [1.54, 1.807) is 0 Å². The van der Waals surface area contributed by atoms with Crippen LogP contribution in [0.15, 0.2) is 34.5 Å². The number of ether oxygens (including phenoxy) is 1. The van der Waals surface area contributed by atoms with Crippen molar-refractivity contribution >= 4 is 48.4 Å². The Morgan fingerprint density at radius 3 is 2.70 bits per heavy atom. The first-order valence-electron chi connectivity index (χ1n) is 8.71. The molecule has 1 aliphatic heterocycles. The second-order valence-electron chi connectivity index (χ2n) is 6.60. The lowest BCUT2D eigenvalue weighted by atomic mass is 9.84. The molecule has 0 saturated heterocycles. The summed E-state index contributed by atoms with van der Waals surface area (Å²) in [5, 5.41) is 0. The van der Waals surface area contributed by atoms with E-state index in [0.717, 1.165) is 18.6 Å². The van der Waals surface area contributed by atoms with Crippen molar-refractivity contribution in [3.05, 3.63) is 24.0 Å². The SMILES string of the molecule is COc1ccc(S(=O)(=O)c2c(N)[nH]c3c2N=IN=C3C2CCCCC2)cn1. The van der Waals surface area contributed by atoms with Crippen molar-refractivity contribution < 1.29 is 13.2 Å². The molecule has 1 fully saturated rings. The van der Waals surface area contributed by atoms with Crippen LogP contribution in [0.25, 0.3) is 0 Å². The zero-order valence-electron chi connectivity index (χ0n) is 14.8. The zero-order valence-corrected chi connectivity index (χ0v) is 17.7. The van der Waals surface area contributed by atoms with Crippen LogP contribution in [0.1, 0.15) is 37.8 Å². The highest BCUT2D eigenvalue weighted by Crippen LogP contribution is 2.44. The van der Waals surface area contributed by atoms with Crippen LogP contribution in [-0.4, -0.2) is 31.2 Å². The number of nitrogens with two attached hydrogens (primary N) is 1. The zero-order chi connectivity index (χ0) is 19.0. The Balaban J connectivity index is 1.78. The Kier molecular flexibility index (Phi) is 5.01. The lowest BCUT2D eigenvalue weighted by Gasteiger charge is -2.23. The van der Waals surface area contributed by atoms with Crippen LogP contribution in [0.2, 0.25) is 0 Å². The lowest BCUT2D eigenvalue weighted by Crippen LogP contribution is -2.19. The molecule has 3 N–H and O–H groups in total. The highest BCUT2D eigenvalue weighted by molar-refractivity contribution is 14.1. The highest BCUT2D eigenvalue weighted by atomic mass is 127. The number of rotatable bonds is 4. The average Bonchev–Trinajstić information content (AvgIpc) is 3.05. The first kappa shape index (κ1) is 18.5. The number of halogens is 1. The number of pyridine rings is 1. The smallest absolute Gasteiger partial charge is 0.213 e. The molecule has 144 valence electrons. The number of fused-ring (bicyclic) bond motifs is 1. The van der Waals surface area contributed by atoms with E-state index in [-0.39, 0.29) is 15.6 Å². The molecule has 0 radical (unpaired) electrons. The maximum atomic E-state index is 13.2. The Hall–Kier alpha value is -1.82. The molecule has 0 aromatic carbocycles. The third kappa shape index (κ3) is 3.28. The third-order valence-electron chi connectivity index (χ3n) is 4.95. The molecule has 1 saturated carbocycles. The summed E-state index contributed by atoms with van der Waals surface area (Å²) in [5.74, 6) is 0.804. The van der Waals surface area contributed by atoms with Crippen LogP contribution in [0, 0.1) is 5.92 Å². The Morgan fingerprint density at radius 1 is 1.26 bits per heavy atom. The quantitative estimate of drug-likeness (QED) is 0.615. The van der Waals surface area contributed by atoms with Gasteiger partial charge in [0.25, 0.3) is 0 Å². The van der Waals surface area contributed by atoms with Crippen LogP contribution in [0.5, 0.6) is 5.88 Å². The number of hydrogen-bond donors (Lipinski definition) is 2. The first-order chi connectivity index (χ1) is 13.0. The van der Waals surface area contributed by atoms with Crippen molar-refractivity contribution in [1.29, 1.82) is 0 Å². The van der Waals surface area contributed by atoms with Gasteiger partial charge in [-0.05, 0) is 18.9 Å². The second-order valence-corrected chi connectivity index (χ2v) is 9.88. The molecule has 4 rings (SSSR count). The van der Waals surface area contributed by atoms with Gasteiger partial charge in [0.05, 0.1) is 23.4 Å². The van der Waals surface area contributed by atoms with Crippen LogP contribution in [0.3, 0.4) is 0 Å². The van der Waals surface area contributed by atoms with Crippen molar-refractivity contribution in [2.45, 2.75) is 41.9 Å². The van der Waals surface area contributed by atoms with Gasteiger partial charge in [-0.3, -0.25) is 0 Å². The van der Waals surface area contributed by atoms with Crippen molar-refractivity contribution in [3.8, 4) is 5.88 Å². The average molecular weight is 501 g/mol. The number of nitrogen functional groups attached to an aromatic ring is 1. The molecule has 0 atom stereocenters. The lowest BCUT2D eigenvalue weighted by molar-refractivity contribution is 0.397. The van der Waals surface area contributed by atoms with E-state index in [9.17, 15) is 8.42 Å². The van der Waals surface area contributed by atoms with Crippen molar-refractivity contribution in [3.63, 3.8) is 0 Å². The summed E-state index contributed by atoms with van der Waals surface area (Å²) in [4.78, 5) is 7.16. The summed E-state index contributed by atoms with van der Waals surface area (Å²) in [6.07, 6.45) is 7.02. The van der Waals surface area contributed by atoms with Gasteiger partial charge < -0.3 is 15.5 Å². The van der Waals surface area contributed by atoms with Crippen molar-refractivity contribution in [2.75, 3.05) is 12.8 Å². The molecule has 8 nitrogen and oxygen atoms in total. The summed E-state index contributed by atoms with van der Waals surface area (Å²) < 4.78 is 40.6. The minimum absolute atomic E-state index is 0.0346. The van der Waals surface area contributed by atoms with Gasteiger partial charge in [-0.2, -0.15) is 0 Å². The summed E-state index contributed by atoms with van der Waals surface area (Å²) in [7, 11) is -2.37. The molecule has 2 aromatic rings. The molecule has 27 heavy (non-hydrogen) atoms. The van der Waals surface area contributed by atoms with E-state index in [1.807, 2.05) is 0 Å². The van der Waals surface area contributed by atoms with E-state index < -0.39 is 31.1 Å². The number of nitrogens with zero attached hydrogens (tertiary/aromatic N) is 3. The standard InChI is InChI=1S/C17H20IN5O3S/c1-26-12-8-7-11(9-20-12)27(24,25)16-15-14(21-17(16)19)13(22-18-23-15)10-5-3-2-4-6-10/h7-10,21H,2-6,19H2,1H3. The Morgan fingerprint density at radius 2 is 2.04 bits per heavy atom. The number of sulfone groups is 1. The molecular weight excluding hydrogens is 481 g/mol. The summed E-state index contributed by atoms with van der Waals surface area (Å²) in [6.45, 7) is 0. The first-order valence-corrected chi connectivity index (χ1v) is 12.1. The Bertz CT molecular complexity index is 1020. The Labute approximate surface area is 168 Å². The molecule has 0 spiro atoms. The maximum absolute atomic E-state index is 13.2. The van der Waals surface area contributed by atoms with E-state index in [2.05, 4.69) is 16.3 Å². The number of hydrogen-bond acceptors (Lipinski definition) is 7. The normalized spacial score (nSPS) is 17.7. The molecule has 0 bridgehead atoms. The van der Waals surface area contributed by atoms with E-state index >= 15 is 0 Å². The number of nitrogens with one attached hydrogen (secondary N) is 1. The van der Waals surface area contributed by atoms with Crippen molar-refractivity contribution in [2.24, 2.45) is 12.3 Å². The fourth-order valence-corrected chi connectivity index (χ4v) is 6.84. The van der Waals surface area contributed by atoms with Gasteiger partial charge in [-0.1, -0.05) is 19.3 Å². The summed E-state index contributed by atoms with van der Waals surface area (Å²) in [6, 6.07) is 2.98. The molecular formula is C17H20IN5O3S. The maximum Gasteiger partial charge on any atom is 0.213 e. The second kappa shape index (κ2) is 7.30.